The van der Waals surface area contributed by atoms with E-state index in [-0.39, 0.29) is 18.2 Å². The Morgan fingerprint density at radius 2 is 1.65 bits per heavy atom. The fourth-order valence-electron chi connectivity index (χ4n) is 4.35. The SMILES string of the molecule is O=C1Nc2c(-c3ccccc3)cnn2C[C@@H]1CC(=O)N1CCN(c2ccccc2)CC1. The van der Waals surface area contributed by atoms with Crippen molar-refractivity contribution in [3.63, 3.8) is 0 Å². The molecule has 7 heteroatoms. The summed E-state index contributed by atoms with van der Waals surface area (Å²) in [4.78, 5) is 29.8. The number of anilines is 2. The normalized spacial score (nSPS) is 18.5. The van der Waals surface area contributed by atoms with Crippen LogP contribution in [-0.4, -0.2) is 52.7 Å². The number of piperazine rings is 1. The molecule has 0 saturated carbocycles. The first-order valence-electron chi connectivity index (χ1n) is 10.7. The molecule has 2 aromatic carbocycles. The Morgan fingerprint density at radius 1 is 0.968 bits per heavy atom. The number of hydrogen-bond acceptors (Lipinski definition) is 4. The van der Waals surface area contributed by atoms with E-state index in [1.807, 2.05) is 53.4 Å². The number of hydrogen-bond donors (Lipinski definition) is 1. The van der Waals surface area contributed by atoms with E-state index >= 15 is 0 Å². The summed E-state index contributed by atoms with van der Waals surface area (Å²) in [6.45, 7) is 3.37. The molecular formula is C24H25N5O2. The molecule has 1 N–H and O–H groups in total. The van der Waals surface area contributed by atoms with Crippen LogP contribution in [0.5, 0.6) is 0 Å². The number of nitrogens with zero attached hydrogens (tertiary/aromatic N) is 4. The number of fused-ring (bicyclic) bond motifs is 1. The molecule has 1 saturated heterocycles. The molecular weight excluding hydrogens is 390 g/mol. The summed E-state index contributed by atoms with van der Waals surface area (Å²) >= 11 is 0. The number of benzene rings is 2. The van der Waals surface area contributed by atoms with Gasteiger partial charge >= 0.3 is 0 Å². The minimum absolute atomic E-state index is 0.0340. The van der Waals surface area contributed by atoms with Crippen LogP contribution < -0.4 is 10.2 Å². The molecule has 0 bridgehead atoms. The quantitative estimate of drug-likeness (QED) is 0.711. The van der Waals surface area contributed by atoms with Gasteiger partial charge in [0.2, 0.25) is 11.8 Å². The van der Waals surface area contributed by atoms with Gasteiger partial charge in [0.25, 0.3) is 0 Å². The van der Waals surface area contributed by atoms with Crippen LogP contribution in [0.2, 0.25) is 0 Å². The van der Waals surface area contributed by atoms with Crippen LogP contribution in [0.25, 0.3) is 11.1 Å². The lowest BCUT2D eigenvalue weighted by Crippen LogP contribution is -2.49. The Bertz CT molecular complexity index is 1070. The van der Waals surface area contributed by atoms with E-state index in [0.717, 1.165) is 24.2 Å². The predicted molar refractivity (Wildman–Crippen MR) is 120 cm³/mol. The van der Waals surface area contributed by atoms with Crippen LogP contribution >= 0.6 is 0 Å². The third-order valence-electron chi connectivity index (χ3n) is 6.10. The molecule has 0 unspecified atom stereocenters. The number of rotatable bonds is 4. The highest BCUT2D eigenvalue weighted by atomic mass is 16.2. The van der Waals surface area contributed by atoms with E-state index in [4.69, 9.17) is 0 Å². The van der Waals surface area contributed by atoms with Crippen LogP contribution in [0, 0.1) is 5.92 Å². The lowest BCUT2D eigenvalue weighted by Gasteiger charge is -2.36. The number of carbonyl (C=O) groups is 2. The maximum Gasteiger partial charge on any atom is 0.231 e. The average molecular weight is 415 g/mol. The fraction of sp³-hybridized carbons (Fsp3) is 0.292. The van der Waals surface area contributed by atoms with Gasteiger partial charge < -0.3 is 15.1 Å². The second-order valence-electron chi connectivity index (χ2n) is 8.05. The molecule has 7 nitrogen and oxygen atoms in total. The molecule has 2 aliphatic heterocycles. The van der Waals surface area contributed by atoms with Gasteiger partial charge in [-0.3, -0.25) is 9.59 Å². The van der Waals surface area contributed by atoms with E-state index in [0.29, 0.717) is 25.5 Å². The van der Waals surface area contributed by atoms with Crippen molar-refractivity contribution in [2.75, 3.05) is 36.4 Å². The summed E-state index contributed by atoms with van der Waals surface area (Å²) < 4.78 is 1.80. The van der Waals surface area contributed by atoms with Crippen molar-refractivity contribution in [1.82, 2.24) is 14.7 Å². The van der Waals surface area contributed by atoms with Crippen molar-refractivity contribution >= 4 is 23.3 Å². The Morgan fingerprint density at radius 3 is 2.35 bits per heavy atom. The summed E-state index contributed by atoms with van der Waals surface area (Å²) in [5.41, 5.74) is 3.09. The number of nitrogens with one attached hydrogen (secondary N) is 1. The van der Waals surface area contributed by atoms with Crippen molar-refractivity contribution < 1.29 is 9.59 Å². The smallest absolute Gasteiger partial charge is 0.231 e. The molecule has 0 spiro atoms. The van der Waals surface area contributed by atoms with Gasteiger partial charge in [-0.1, -0.05) is 48.5 Å². The summed E-state index contributed by atoms with van der Waals surface area (Å²) in [5, 5.41) is 7.43. The van der Waals surface area contributed by atoms with Crippen LogP contribution in [0.15, 0.2) is 66.9 Å². The van der Waals surface area contributed by atoms with Crippen molar-refractivity contribution in [2.45, 2.75) is 13.0 Å². The van der Waals surface area contributed by atoms with Crippen LogP contribution in [0.3, 0.4) is 0 Å². The molecule has 1 aromatic heterocycles. The van der Waals surface area contributed by atoms with Gasteiger partial charge in [0.1, 0.15) is 5.82 Å². The van der Waals surface area contributed by atoms with Crippen molar-refractivity contribution in [2.24, 2.45) is 5.92 Å². The minimum Gasteiger partial charge on any atom is -0.368 e. The lowest BCUT2D eigenvalue weighted by atomic mass is 10.0. The highest BCUT2D eigenvalue weighted by molar-refractivity contribution is 5.98. The maximum absolute atomic E-state index is 12.9. The first kappa shape index (κ1) is 19.4. The van der Waals surface area contributed by atoms with Crippen LogP contribution in [0.1, 0.15) is 6.42 Å². The van der Waals surface area contributed by atoms with Crippen molar-refractivity contribution in [1.29, 1.82) is 0 Å². The average Bonchev–Trinajstić information content (AvgIpc) is 3.23. The zero-order chi connectivity index (χ0) is 21.2. The molecule has 3 aromatic rings. The minimum atomic E-state index is -0.407. The van der Waals surface area contributed by atoms with Gasteiger partial charge in [0.15, 0.2) is 0 Å². The first-order valence-corrected chi connectivity index (χ1v) is 10.7. The molecule has 158 valence electrons. The molecule has 0 aliphatic carbocycles. The molecule has 0 radical (unpaired) electrons. The van der Waals surface area contributed by atoms with Gasteiger partial charge in [-0.25, -0.2) is 4.68 Å². The summed E-state index contributed by atoms with van der Waals surface area (Å²) in [7, 11) is 0. The Balaban J connectivity index is 1.21. The van der Waals surface area contributed by atoms with E-state index in [1.165, 1.54) is 5.69 Å². The van der Waals surface area contributed by atoms with Crippen LogP contribution in [0.4, 0.5) is 11.5 Å². The molecule has 1 fully saturated rings. The number of aromatic nitrogens is 2. The molecule has 3 heterocycles. The van der Waals surface area contributed by atoms with Crippen LogP contribution in [-0.2, 0) is 16.1 Å². The number of para-hydroxylation sites is 1. The Kier molecular flexibility index (Phi) is 5.16. The first-order chi connectivity index (χ1) is 15.2. The maximum atomic E-state index is 12.9. The zero-order valence-corrected chi connectivity index (χ0v) is 17.3. The molecule has 2 aliphatic rings. The van der Waals surface area contributed by atoms with E-state index < -0.39 is 5.92 Å². The monoisotopic (exact) mass is 415 g/mol. The van der Waals surface area contributed by atoms with Gasteiger partial charge in [-0.2, -0.15) is 5.10 Å². The predicted octanol–water partition coefficient (Wildman–Crippen LogP) is 2.86. The van der Waals surface area contributed by atoms with E-state index in [2.05, 4.69) is 27.4 Å². The summed E-state index contributed by atoms with van der Waals surface area (Å²) in [5.74, 6) is 0.222. The van der Waals surface area contributed by atoms with Crippen molar-refractivity contribution in [3.8, 4) is 11.1 Å². The Hall–Kier alpha value is -3.61. The summed E-state index contributed by atoms with van der Waals surface area (Å²) in [6.07, 6.45) is 1.98. The van der Waals surface area contributed by atoms with Gasteiger partial charge in [0.05, 0.1) is 18.7 Å². The zero-order valence-electron chi connectivity index (χ0n) is 17.3. The van der Waals surface area contributed by atoms with E-state index in [9.17, 15) is 9.59 Å². The third-order valence-corrected chi connectivity index (χ3v) is 6.10. The molecule has 1 atom stereocenters. The highest BCUT2D eigenvalue weighted by Gasteiger charge is 2.32. The topological polar surface area (TPSA) is 70.5 Å². The second kappa shape index (κ2) is 8.26. The standard InChI is InChI=1S/C24H25N5O2/c30-22(28-13-11-27(12-14-28)20-9-5-2-6-10-20)15-19-17-29-23(26-24(19)31)21(16-25-29)18-7-3-1-4-8-18/h1-10,16,19H,11-15,17H2,(H,26,31)/t19-/m0/s1. The highest BCUT2D eigenvalue weighted by Crippen LogP contribution is 2.32. The Labute approximate surface area is 181 Å². The van der Waals surface area contributed by atoms with E-state index in [1.54, 1.807) is 10.9 Å². The third kappa shape index (κ3) is 3.91. The molecule has 2 amide bonds. The number of carbonyl (C=O) groups excluding carboxylic acids is 2. The van der Waals surface area contributed by atoms with Gasteiger partial charge in [0, 0.05) is 43.9 Å². The van der Waals surface area contributed by atoms with Gasteiger partial charge in [-0.15, -0.1) is 0 Å². The van der Waals surface area contributed by atoms with Gasteiger partial charge in [-0.05, 0) is 17.7 Å². The van der Waals surface area contributed by atoms with Crippen molar-refractivity contribution in [3.05, 3.63) is 66.9 Å². The molecule has 5 rings (SSSR count). The lowest BCUT2D eigenvalue weighted by molar-refractivity contribution is -0.135. The largest absolute Gasteiger partial charge is 0.368 e. The second-order valence-corrected chi connectivity index (χ2v) is 8.05. The summed E-state index contributed by atoms with van der Waals surface area (Å²) in [6, 6.07) is 20.1. The molecule has 31 heavy (non-hydrogen) atoms. The fourth-order valence-corrected chi connectivity index (χ4v) is 4.35. The number of amides is 2.